The molecule has 0 saturated carbocycles. The van der Waals surface area contributed by atoms with Crippen LogP contribution >= 0.6 is 0 Å². The molecule has 0 spiro atoms. The SMILES string of the molecule is CC1CN(c2ccccc2C(C)O)CCCO1. The van der Waals surface area contributed by atoms with Gasteiger partial charge in [0.1, 0.15) is 0 Å². The summed E-state index contributed by atoms with van der Waals surface area (Å²) in [5, 5.41) is 9.81. The number of aliphatic hydroxyl groups excluding tert-OH is 1. The van der Waals surface area contributed by atoms with E-state index >= 15 is 0 Å². The van der Waals surface area contributed by atoms with E-state index in [-0.39, 0.29) is 6.10 Å². The lowest BCUT2D eigenvalue weighted by atomic mass is 10.1. The summed E-state index contributed by atoms with van der Waals surface area (Å²) in [6, 6.07) is 8.08. The minimum Gasteiger partial charge on any atom is -0.389 e. The average molecular weight is 235 g/mol. The molecule has 17 heavy (non-hydrogen) atoms. The van der Waals surface area contributed by atoms with Gasteiger partial charge in [-0.2, -0.15) is 0 Å². The summed E-state index contributed by atoms with van der Waals surface area (Å²) in [6.45, 7) is 6.63. The summed E-state index contributed by atoms with van der Waals surface area (Å²) in [4.78, 5) is 2.32. The van der Waals surface area contributed by atoms with Crippen LogP contribution in [0, 0.1) is 0 Å². The molecule has 1 aromatic carbocycles. The summed E-state index contributed by atoms with van der Waals surface area (Å²) >= 11 is 0. The average Bonchev–Trinajstić information content (AvgIpc) is 2.54. The molecule has 0 amide bonds. The molecule has 1 N–H and O–H groups in total. The van der Waals surface area contributed by atoms with Crippen molar-refractivity contribution < 1.29 is 9.84 Å². The molecule has 1 saturated heterocycles. The first-order valence-corrected chi connectivity index (χ1v) is 6.32. The topological polar surface area (TPSA) is 32.7 Å². The lowest BCUT2D eigenvalue weighted by Gasteiger charge is -2.27. The highest BCUT2D eigenvalue weighted by Crippen LogP contribution is 2.27. The van der Waals surface area contributed by atoms with Crippen molar-refractivity contribution in [1.82, 2.24) is 0 Å². The number of hydrogen-bond acceptors (Lipinski definition) is 3. The van der Waals surface area contributed by atoms with Crippen LogP contribution < -0.4 is 4.90 Å². The predicted octanol–water partition coefficient (Wildman–Crippen LogP) is 2.36. The van der Waals surface area contributed by atoms with E-state index in [1.54, 1.807) is 0 Å². The second-order valence-corrected chi connectivity index (χ2v) is 4.72. The van der Waals surface area contributed by atoms with Crippen LogP contribution in [-0.2, 0) is 4.74 Å². The molecule has 1 fully saturated rings. The maximum atomic E-state index is 9.81. The highest BCUT2D eigenvalue weighted by Gasteiger charge is 2.18. The van der Waals surface area contributed by atoms with Crippen molar-refractivity contribution in [2.75, 3.05) is 24.6 Å². The van der Waals surface area contributed by atoms with Crippen molar-refractivity contribution in [2.24, 2.45) is 0 Å². The fraction of sp³-hybridized carbons (Fsp3) is 0.571. The maximum Gasteiger partial charge on any atom is 0.0781 e. The summed E-state index contributed by atoms with van der Waals surface area (Å²) in [5.74, 6) is 0. The Hall–Kier alpha value is -1.06. The van der Waals surface area contributed by atoms with E-state index < -0.39 is 6.10 Å². The summed E-state index contributed by atoms with van der Waals surface area (Å²) in [7, 11) is 0. The Morgan fingerprint density at radius 1 is 1.41 bits per heavy atom. The summed E-state index contributed by atoms with van der Waals surface area (Å²) < 4.78 is 5.65. The van der Waals surface area contributed by atoms with Crippen molar-refractivity contribution in [3.63, 3.8) is 0 Å². The fourth-order valence-corrected chi connectivity index (χ4v) is 2.34. The normalized spacial score (nSPS) is 23.2. The van der Waals surface area contributed by atoms with Gasteiger partial charge in [-0.05, 0) is 26.3 Å². The molecule has 1 aromatic rings. The second kappa shape index (κ2) is 5.52. The molecule has 2 unspecified atom stereocenters. The van der Waals surface area contributed by atoms with Gasteiger partial charge >= 0.3 is 0 Å². The highest BCUT2D eigenvalue weighted by atomic mass is 16.5. The van der Waals surface area contributed by atoms with Crippen molar-refractivity contribution in [2.45, 2.75) is 32.5 Å². The Kier molecular flexibility index (Phi) is 4.02. The Labute approximate surface area is 103 Å². The minimum atomic E-state index is -0.425. The number of para-hydroxylation sites is 1. The molecular formula is C14H21NO2. The number of benzene rings is 1. The maximum absolute atomic E-state index is 9.81. The van der Waals surface area contributed by atoms with E-state index in [9.17, 15) is 5.11 Å². The molecule has 3 heteroatoms. The van der Waals surface area contributed by atoms with Gasteiger partial charge in [0.15, 0.2) is 0 Å². The molecule has 0 aliphatic carbocycles. The van der Waals surface area contributed by atoms with Gasteiger partial charge in [-0.25, -0.2) is 0 Å². The van der Waals surface area contributed by atoms with Crippen LogP contribution in [0.4, 0.5) is 5.69 Å². The van der Waals surface area contributed by atoms with Gasteiger partial charge in [0.25, 0.3) is 0 Å². The fourth-order valence-electron chi connectivity index (χ4n) is 2.34. The number of rotatable bonds is 2. The first-order valence-electron chi connectivity index (χ1n) is 6.32. The zero-order valence-electron chi connectivity index (χ0n) is 10.6. The zero-order chi connectivity index (χ0) is 12.3. The van der Waals surface area contributed by atoms with Crippen molar-refractivity contribution in [1.29, 1.82) is 0 Å². The molecule has 1 heterocycles. The van der Waals surface area contributed by atoms with Gasteiger partial charge < -0.3 is 14.7 Å². The molecule has 0 radical (unpaired) electrons. The third-order valence-corrected chi connectivity index (χ3v) is 3.18. The van der Waals surface area contributed by atoms with Crippen molar-refractivity contribution in [3.05, 3.63) is 29.8 Å². The van der Waals surface area contributed by atoms with Crippen LogP contribution in [0.25, 0.3) is 0 Å². The molecule has 2 rings (SSSR count). The van der Waals surface area contributed by atoms with Crippen LogP contribution in [0.5, 0.6) is 0 Å². The lowest BCUT2D eigenvalue weighted by Crippen LogP contribution is -2.31. The van der Waals surface area contributed by atoms with Crippen molar-refractivity contribution >= 4 is 5.69 Å². The van der Waals surface area contributed by atoms with Gasteiger partial charge in [0, 0.05) is 30.9 Å². The molecule has 0 bridgehead atoms. The Morgan fingerprint density at radius 3 is 2.94 bits per heavy atom. The number of hydrogen-bond donors (Lipinski definition) is 1. The first-order chi connectivity index (χ1) is 8.18. The highest BCUT2D eigenvalue weighted by molar-refractivity contribution is 5.54. The van der Waals surface area contributed by atoms with E-state index in [0.29, 0.717) is 0 Å². The van der Waals surface area contributed by atoms with E-state index in [1.165, 1.54) is 0 Å². The third kappa shape index (κ3) is 2.99. The molecule has 94 valence electrons. The van der Waals surface area contributed by atoms with E-state index in [2.05, 4.69) is 17.9 Å². The molecule has 3 nitrogen and oxygen atoms in total. The summed E-state index contributed by atoms with van der Waals surface area (Å²) in [5.41, 5.74) is 2.14. The van der Waals surface area contributed by atoms with Gasteiger partial charge in [-0.1, -0.05) is 18.2 Å². The number of ether oxygens (including phenoxy) is 1. The molecule has 2 atom stereocenters. The monoisotopic (exact) mass is 235 g/mol. The van der Waals surface area contributed by atoms with Crippen molar-refractivity contribution in [3.8, 4) is 0 Å². The standard InChI is InChI=1S/C14H21NO2/c1-11-10-15(8-5-9-17-11)14-7-4-3-6-13(14)12(2)16/h3-4,6-7,11-12,16H,5,8-10H2,1-2H3. The predicted molar refractivity (Wildman–Crippen MR) is 69.3 cm³/mol. The lowest BCUT2D eigenvalue weighted by molar-refractivity contribution is 0.0820. The van der Waals surface area contributed by atoms with Crippen LogP contribution in [-0.4, -0.2) is 30.9 Å². The Balaban J connectivity index is 2.25. The van der Waals surface area contributed by atoms with E-state index in [1.807, 2.05) is 25.1 Å². The Bertz CT molecular complexity index is 365. The molecular weight excluding hydrogens is 214 g/mol. The largest absolute Gasteiger partial charge is 0.389 e. The smallest absolute Gasteiger partial charge is 0.0781 e. The quantitative estimate of drug-likeness (QED) is 0.854. The van der Waals surface area contributed by atoms with Gasteiger partial charge in [-0.3, -0.25) is 0 Å². The molecule has 0 aromatic heterocycles. The van der Waals surface area contributed by atoms with Crippen LogP contribution in [0.15, 0.2) is 24.3 Å². The minimum absolute atomic E-state index is 0.250. The second-order valence-electron chi connectivity index (χ2n) is 4.72. The molecule has 1 aliphatic rings. The van der Waals surface area contributed by atoms with Gasteiger partial charge in [0.05, 0.1) is 12.2 Å². The van der Waals surface area contributed by atoms with Crippen LogP contribution in [0.3, 0.4) is 0 Å². The van der Waals surface area contributed by atoms with Crippen LogP contribution in [0.2, 0.25) is 0 Å². The van der Waals surface area contributed by atoms with Gasteiger partial charge in [0.2, 0.25) is 0 Å². The first kappa shape index (κ1) is 12.4. The Morgan fingerprint density at radius 2 is 2.18 bits per heavy atom. The summed E-state index contributed by atoms with van der Waals surface area (Å²) in [6.07, 6.45) is 0.864. The third-order valence-electron chi connectivity index (χ3n) is 3.18. The zero-order valence-corrected chi connectivity index (χ0v) is 10.6. The number of anilines is 1. The van der Waals surface area contributed by atoms with E-state index in [0.717, 1.165) is 37.4 Å². The number of nitrogens with zero attached hydrogens (tertiary/aromatic N) is 1. The van der Waals surface area contributed by atoms with Gasteiger partial charge in [-0.15, -0.1) is 0 Å². The number of aliphatic hydroxyl groups is 1. The molecule has 1 aliphatic heterocycles. The van der Waals surface area contributed by atoms with E-state index in [4.69, 9.17) is 4.74 Å². The van der Waals surface area contributed by atoms with Crippen LogP contribution in [0.1, 0.15) is 31.9 Å².